The van der Waals surface area contributed by atoms with E-state index < -0.39 is 5.82 Å². The van der Waals surface area contributed by atoms with Crippen molar-refractivity contribution in [3.63, 3.8) is 0 Å². The molecule has 0 heterocycles. The van der Waals surface area contributed by atoms with Crippen molar-refractivity contribution in [1.29, 1.82) is 0 Å². The molecule has 0 saturated carbocycles. The average molecular weight is 253 g/mol. The van der Waals surface area contributed by atoms with E-state index in [1.54, 1.807) is 6.07 Å². The van der Waals surface area contributed by atoms with Gasteiger partial charge in [-0.2, -0.15) is 0 Å². The number of rotatable bonds is 6. The van der Waals surface area contributed by atoms with Gasteiger partial charge in [0, 0.05) is 6.54 Å². The molecule has 0 aliphatic heterocycles. The molecule has 0 aliphatic carbocycles. The summed E-state index contributed by atoms with van der Waals surface area (Å²) in [5, 5.41) is 2.82. The smallest absolute Gasteiger partial charge is 0.224 e. The summed E-state index contributed by atoms with van der Waals surface area (Å²) in [4.78, 5) is 11.6. The van der Waals surface area contributed by atoms with Gasteiger partial charge in [-0.3, -0.25) is 4.79 Å². The van der Waals surface area contributed by atoms with Crippen molar-refractivity contribution in [1.82, 2.24) is 5.32 Å². The van der Waals surface area contributed by atoms with E-state index in [1.807, 2.05) is 0 Å². The van der Waals surface area contributed by atoms with Crippen molar-refractivity contribution in [3.05, 3.63) is 29.6 Å². The summed E-state index contributed by atoms with van der Waals surface area (Å²) >= 11 is 0. The molecule has 0 spiro atoms. The molecule has 0 radical (unpaired) electrons. The van der Waals surface area contributed by atoms with Crippen LogP contribution in [0.4, 0.5) is 4.39 Å². The first-order valence-electron chi connectivity index (χ1n) is 6.12. The largest absolute Gasteiger partial charge is 0.494 e. The number of benzene rings is 1. The third-order valence-electron chi connectivity index (χ3n) is 2.62. The van der Waals surface area contributed by atoms with Crippen LogP contribution in [0, 0.1) is 11.7 Å². The molecule has 1 aromatic carbocycles. The van der Waals surface area contributed by atoms with Gasteiger partial charge in [0.25, 0.3) is 0 Å². The molecular formula is C14H20FNO2. The van der Waals surface area contributed by atoms with Gasteiger partial charge in [0.2, 0.25) is 5.91 Å². The molecule has 0 aromatic heterocycles. The minimum absolute atomic E-state index is 0.0831. The number of nitrogens with one attached hydrogen (secondary N) is 1. The van der Waals surface area contributed by atoms with Gasteiger partial charge in [-0.05, 0) is 30.0 Å². The Morgan fingerprint density at radius 2 is 2.17 bits per heavy atom. The third kappa shape index (κ3) is 4.73. The standard InChI is InChI=1S/C14H20FNO2/c1-10(2)6-7-16-14(17)9-11-4-5-13(18-3)12(15)8-11/h4-5,8,10H,6-7,9H2,1-3H3,(H,16,17). The quantitative estimate of drug-likeness (QED) is 0.846. The van der Waals surface area contributed by atoms with Crippen LogP contribution in [0.25, 0.3) is 0 Å². The lowest BCUT2D eigenvalue weighted by atomic mass is 10.1. The summed E-state index contributed by atoms with van der Waals surface area (Å²) < 4.78 is 18.2. The van der Waals surface area contributed by atoms with Crippen LogP contribution in [0.5, 0.6) is 5.75 Å². The number of ether oxygens (including phenoxy) is 1. The van der Waals surface area contributed by atoms with Crippen LogP contribution in [0.15, 0.2) is 18.2 Å². The SMILES string of the molecule is COc1ccc(CC(=O)NCCC(C)C)cc1F. The van der Waals surface area contributed by atoms with E-state index in [9.17, 15) is 9.18 Å². The van der Waals surface area contributed by atoms with Gasteiger partial charge in [0.1, 0.15) is 0 Å². The highest BCUT2D eigenvalue weighted by molar-refractivity contribution is 5.78. The molecule has 1 N–H and O–H groups in total. The van der Waals surface area contributed by atoms with Gasteiger partial charge in [0.15, 0.2) is 11.6 Å². The fourth-order valence-electron chi connectivity index (χ4n) is 1.57. The van der Waals surface area contributed by atoms with Crippen LogP contribution in [0.3, 0.4) is 0 Å². The second-order valence-electron chi connectivity index (χ2n) is 4.68. The van der Waals surface area contributed by atoms with Crippen LogP contribution in [0.2, 0.25) is 0 Å². The van der Waals surface area contributed by atoms with Gasteiger partial charge in [-0.15, -0.1) is 0 Å². The van der Waals surface area contributed by atoms with Crippen LogP contribution in [-0.2, 0) is 11.2 Å². The Bertz CT molecular complexity index is 405. The number of carbonyl (C=O) groups excluding carboxylic acids is 1. The minimum Gasteiger partial charge on any atom is -0.494 e. The number of methoxy groups -OCH3 is 1. The molecule has 3 nitrogen and oxygen atoms in total. The first-order chi connectivity index (χ1) is 8.52. The zero-order valence-corrected chi connectivity index (χ0v) is 11.1. The van der Waals surface area contributed by atoms with E-state index >= 15 is 0 Å². The monoisotopic (exact) mass is 253 g/mol. The number of amides is 1. The van der Waals surface area contributed by atoms with Gasteiger partial charge >= 0.3 is 0 Å². The molecule has 1 aromatic rings. The van der Waals surface area contributed by atoms with Crippen molar-refractivity contribution in [2.75, 3.05) is 13.7 Å². The lowest BCUT2D eigenvalue weighted by Crippen LogP contribution is -2.26. The maximum atomic E-state index is 13.4. The Hall–Kier alpha value is -1.58. The molecule has 0 atom stereocenters. The highest BCUT2D eigenvalue weighted by atomic mass is 19.1. The highest BCUT2D eigenvalue weighted by Gasteiger charge is 2.07. The summed E-state index contributed by atoms with van der Waals surface area (Å²) in [5.74, 6) is 0.230. The normalized spacial score (nSPS) is 10.5. The second-order valence-corrected chi connectivity index (χ2v) is 4.68. The van der Waals surface area contributed by atoms with Crippen LogP contribution < -0.4 is 10.1 Å². The summed E-state index contributed by atoms with van der Waals surface area (Å²) in [6, 6.07) is 4.57. The van der Waals surface area contributed by atoms with Crippen molar-refractivity contribution >= 4 is 5.91 Å². The number of hydrogen-bond donors (Lipinski definition) is 1. The first kappa shape index (κ1) is 14.5. The van der Waals surface area contributed by atoms with Crippen molar-refractivity contribution in [2.45, 2.75) is 26.7 Å². The lowest BCUT2D eigenvalue weighted by molar-refractivity contribution is -0.120. The predicted octanol–water partition coefficient (Wildman–Crippen LogP) is 2.54. The predicted molar refractivity (Wildman–Crippen MR) is 69.1 cm³/mol. The minimum atomic E-state index is -0.440. The second kappa shape index (κ2) is 6.99. The molecule has 4 heteroatoms. The van der Waals surface area contributed by atoms with E-state index in [1.165, 1.54) is 19.2 Å². The molecule has 1 amide bonds. The van der Waals surface area contributed by atoms with E-state index in [-0.39, 0.29) is 18.1 Å². The summed E-state index contributed by atoms with van der Waals surface area (Å²) in [6.45, 7) is 4.87. The highest BCUT2D eigenvalue weighted by Crippen LogP contribution is 2.17. The van der Waals surface area contributed by atoms with Gasteiger partial charge in [-0.1, -0.05) is 19.9 Å². The Balaban J connectivity index is 2.47. The molecule has 0 aliphatic rings. The number of carbonyl (C=O) groups is 1. The maximum absolute atomic E-state index is 13.4. The molecule has 18 heavy (non-hydrogen) atoms. The number of hydrogen-bond acceptors (Lipinski definition) is 2. The van der Waals surface area contributed by atoms with Crippen molar-refractivity contribution in [2.24, 2.45) is 5.92 Å². The maximum Gasteiger partial charge on any atom is 0.224 e. The Kier molecular flexibility index (Phi) is 5.62. The Morgan fingerprint density at radius 3 is 2.72 bits per heavy atom. The summed E-state index contributed by atoms with van der Waals surface area (Å²) in [5.41, 5.74) is 0.648. The van der Waals surface area contributed by atoms with E-state index in [0.29, 0.717) is 18.0 Å². The van der Waals surface area contributed by atoms with Gasteiger partial charge < -0.3 is 10.1 Å². The van der Waals surface area contributed by atoms with Gasteiger partial charge in [0.05, 0.1) is 13.5 Å². The average Bonchev–Trinajstić information content (AvgIpc) is 2.28. The number of halogens is 1. The van der Waals surface area contributed by atoms with Crippen LogP contribution >= 0.6 is 0 Å². The molecular weight excluding hydrogens is 233 g/mol. The van der Waals surface area contributed by atoms with E-state index in [4.69, 9.17) is 4.74 Å². The summed E-state index contributed by atoms with van der Waals surface area (Å²) in [7, 11) is 1.41. The fourth-order valence-corrected chi connectivity index (χ4v) is 1.57. The van der Waals surface area contributed by atoms with Crippen molar-refractivity contribution < 1.29 is 13.9 Å². The van der Waals surface area contributed by atoms with Crippen LogP contribution in [0.1, 0.15) is 25.8 Å². The Labute approximate surface area is 107 Å². The van der Waals surface area contributed by atoms with E-state index in [2.05, 4.69) is 19.2 Å². The molecule has 0 fully saturated rings. The first-order valence-corrected chi connectivity index (χ1v) is 6.12. The lowest BCUT2D eigenvalue weighted by Gasteiger charge is -2.08. The molecule has 100 valence electrons. The van der Waals surface area contributed by atoms with Gasteiger partial charge in [-0.25, -0.2) is 4.39 Å². The topological polar surface area (TPSA) is 38.3 Å². The molecule has 0 bridgehead atoms. The zero-order valence-electron chi connectivity index (χ0n) is 11.1. The molecule has 1 rings (SSSR count). The Morgan fingerprint density at radius 1 is 1.44 bits per heavy atom. The third-order valence-corrected chi connectivity index (χ3v) is 2.62. The zero-order chi connectivity index (χ0) is 13.5. The summed E-state index contributed by atoms with van der Waals surface area (Å²) in [6.07, 6.45) is 1.14. The fraction of sp³-hybridized carbons (Fsp3) is 0.500. The van der Waals surface area contributed by atoms with E-state index in [0.717, 1.165) is 6.42 Å². The van der Waals surface area contributed by atoms with Crippen LogP contribution in [-0.4, -0.2) is 19.6 Å². The molecule has 0 saturated heterocycles. The molecule has 0 unspecified atom stereocenters. The van der Waals surface area contributed by atoms with Crippen molar-refractivity contribution in [3.8, 4) is 5.75 Å².